The van der Waals surface area contributed by atoms with Crippen LogP contribution in [0.3, 0.4) is 0 Å². The molecule has 0 spiro atoms. The maximum atomic E-state index is 13.1. The quantitative estimate of drug-likeness (QED) is 0.883. The van der Waals surface area contributed by atoms with Crippen molar-refractivity contribution in [2.45, 2.75) is 6.42 Å². The van der Waals surface area contributed by atoms with E-state index in [1.165, 1.54) is 0 Å². The average molecular weight is 330 g/mol. The summed E-state index contributed by atoms with van der Waals surface area (Å²) >= 11 is 0. The van der Waals surface area contributed by atoms with Gasteiger partial charge >= 0.3 is 0 Å². The van der Waals surface area contributed by atoms with Gasteiger partial charge in [-0.25, -0.2) is 4.98 Å². The minimum absolute atomic E-state index is 0.0261. The van der Waals surface area contributed by atoms with Crippen molar-refractivity contribution < 1.29 is 14.3 Å². The van der Waals surface area contributed by atoms with E-state index in [4.69, 9.17) is 9.47 Å². The molecule has 1 aromatic carbocycles. The summed E-state index contributed by atoms with van der Waals surface area (Å²) in [7, 11) is 3.52. The van der Waals surface area contributed by atoms with Crippen molar-refractivity contribution in [3.63, 3.8) is 0 Å². The van der Waals surface area contributed by atoms with Crippen LogP contribution in [0.2, 0.25) is 0 Å². The van der Waals surface area contributed by atoms with E-state index in [0.29, 0.717) is 31.5 Å². The highest BCUT2D eigenvalue weighted by Gasteiger charge is 2.50. The molecule has 2 saturated heterocycles. The van der Waals surface area contributed by atoms with Gasteiger partial charge in [-0.3, -0.25) is 10.1 Å². The zero-order valence-electron chi connectivity index (χ0n) is 14.0. The molecule has 1 aromatic heterocycles. The zero-order chi connectivity index (χ0) is 16.7. The first-order valence-corrected chi connectivity index (χ1v) is 8.25. The summed E-state index contributed by atoms with van der Waals surface area (Å²) in [5.41, 5.74) is 1.28. The lowest BCUT2D eigenvalue weighted by Gasteiger charge is -2.36. The second-order valence-electron chi connectivity index (χ2n) is 6.59. The molecule has 2 atom stereocenters. The maximum absolute atomic E-state index is 13.1. The maximum Gasteiger partial charge on any atom is 0.234 e. The average Bonchev–Trinajstić information content (AvgIpc) is 3.18. The van der Waals surface area contributed by atoms with E-state index >= 15 is 0 Å². The summed E-state index contributed by atoms with van der Waals surface area (Å²) in [5.74, 6) is 1.49. The highest BCUT2D eigenvalue weighted by atomic mass is 16.5. The van der Waals surface area contributed by atoms with Gasteiger partial charge in [0.1, 0.15) is 11.3 Å². The molecule has 7 heteroatoms. The summed E-state index contributed by atoms with van der Waals surface area (Å²) in [5, 5.41) is 6.39. The van der Waals surface area contributed by atoms with Crippen molar-refractivity contribution in [1.82, 2.24) is 14.9 Å². The molecular weight excluding hydrogens is 308 g/mol. The third-order valence-corrected chi connectivity index (χ3v) is 5.40. The molecule has 0 saturated carbocycles. The fourth-order valence-electron chi connectivity index (χ4n) is 3.87. The molecule has 2 aliphatic rings. The molecule has 2 aliphatic heterocycles. The van der Waals surface area contributed by atoms with Crippen LogP contribution in [-0.4, -0.2) is 48.9 Å². The van der Waals surface area contributed by atoms with E-state index in [2.05, 4.69) is 15.6 Å². The topological polar surface area (TPSA) is 77.4 Å². The molecule has 2 fully saturated rings. The second kappa shape index (κ2) is 5.75. The number of hydrogen-bond acceptors (Lipinski definition) is 5. The van der Waals surface area contributed by atoms with Gasteiger partial charge in [0.2, 0.25) is 11.9 Å². The lowest BCUT2D eigenvalue weighted by atomic mass is 9.73. The molecule has 3 heterocycles. The van der Waals surface area contributed by atoms with Crippen molar-refractivity contribution in [2.75, 3.05) is 38.7 Å². The van der Waals surface area contributed by atoms with Crippen molar-refractivity contribution >= 4 is 22.9 Å². The van der Waals surface area contributed by atoms with Gasteiger partial charge in [-0.05, 0) is 18.6 Å². The molecule has 0 radical (unpaired) electrons. The van der Waals surface area contributed by atoms with Crippen LogP contribution in [-0.2, 0) is 16.6 Å². The van der Waals surface area contributed by atoms with E-state index in [1.807, 2.05) is 29.8 Å². The van der Waals surface area contributed by atoms with Crippen LogP contribution in [0.1, 0.15) is 6.42 Å². The molecule has 7 nitrogen and oxygen atoms in total. The predicted molar refractivity (Wildman–Crippen MR) is 90.1 cm³/mol. The van der Waals surface area contributed by atoms with Gasteiger partial charge in [0.25, 0.3) is 0 Å². The first-order valence-electron chi connectivity index (χ1n) is 8.25. The minimum Gasteiger partial charge on any atom is -0.494 e. The SMILES string of the molecule is COc1cccc2c1nc(NC(=O)[C@@]13CCOC[C@@H]1CNC3)n2C. The number of nitrogens with one attached hydrogen (secondary N) is 2. The van der Waals surface area contributed by atoms with Gasteiger partial charge < -0.3 is 19.4 Å². The van der Waals surface area contributed by atoms with E-state index in [1.54, 1.807) is 7.11 Å². The van der Waals surface area contributed by atoms with E-state index < -0.39 is 5.41 Å². The number of para-hydroxylation sites is 1. The van der Waals surface area contributed by atoms with Crippen LogP contribution in [0, 0.1) is 11.3 Å². The standard InChI is InChI=1S/C17H22N4O3/c1-21-12-4-3-5-13(23-2)14(12)19-16(21)20-15(22)17-6-7-24-9-11(17)8-18-10-17/h3-5,11,18H,6-10H2,1-2H3,(H,19,20,22)/t11-,17+/m0/s1. The lowest BCUT2D eigenvalue weighted by molar-refractivity contribution is -0.133. The number of methoxy groups -OCH3 is 1. The molecule has 1 amide bonds. The Hall–Kier alpha value is -2.12. The summed E-state index contributed by atoms with van der Waals surface area (Å²) in [6, 6.07) is 5.75. The number of hydrogen-bond donors (Lipinski definition) is 2. The molecule has 24 heavy (non-hydrogen) atoms. The zero-order valence-corrected chi connectivity index (χ0v) is 14.0. The smallest absolute Gasteiger partial charge is 0.234 e. The number of rotatable bonds is 3. The summed E-state index contributed by atoms with van der Waals surface area (Å²) < 4.78 is 12.8. The number of imidazole rings is 1. The third-order valence-electron chi connectivity index (χ3n) is 5.40. The highest BCUT2D eigenvalue weighted by Crippen LogP contribution is 2.39. The lowest BCUT2D eigenvalue weighted by Crippen LogP contribution is -2.48. The molecule has 0 aliphatic carbocycles. The number of ether oxygens (including phenoxy) is 2. The van der Waals surface area contributed by atoms with Crippen molar-refractivity contribution in [3.8, 4) is 5.75 Å². The van der Waals surface area contributed by atoms with Gasteiger partial charge in [-0.1, -0.05) is 6.07 Å². The van der Waals surface area contributed by atoms with Crippen LogP contribution < -0.4 is 15.4 Å². The van der Waals surface area contributed by atoms with Gasteiger partial charge in [0, 0.05) is 32.7 Å². The Morgan fingerprint density at radius 2 is 2.42 bits per heavy atom. The van der Waals surface area contributed by atoms with Gasteiger partial charge in [0.15, 0.2) is 0 Å². The number of anilines is 1. The second-order valence-corrected chi connectivity index (χ2v) is 6.59. The number of carbonyl (C=O) groups excluding carboxylic acids is 1. The fourth-order valence-corrected chi connectivity index (χ4v) is 3.87. The Balaban J connectivity index is 1.67. The summed E-state index contributed by atoms with van der Waals surface area (Å²) in [6.07, 6.45) is 0.740. The van der Waals surface area contributed by atoms with Crippen LogP contribution in [0.5, 0.6) is 5.75 Å². The number of benzene rings is 1. The summed E-state index contributed by atoms with van der Waals surface area (Å²) in [4.78, 5) is 17.6. The van der Waals surface area contributed by atoms with Crippen molar-refractivity contribution in [2.24, 2.45) is 18.4 Å². The first-order chi connectivity index (χ1) is 11.7. The molecule has 128 valence electrons. The van der Waals surface area contributed by atoms with Crippen LogP contribution in [0.25, 0.3) is 11.0 Å². The monoisotopic (exact) mass is 330 g/mol. The van der Waals surface area contributed by atoms with Crippen LogP contribution in [0.4, 0.5) is 5.95 Å². The Morgan fingerprint density at radius 1 is 1.54 bits per heavy atom. The van der Waals surface area contributed by atoms with E-state index in [0.717, 1.165) is 24.0 Å². The minimum atomic E-state index is -0.402. The molecule has 4 rings (SSSR count). The normalized spacial score (nSPS) is 26.3. The van der Waals surface area contributed by atoms with Crippen molar-refractivity contribution in [1.29, 1.82) is 0 Å². The number of amides is 1. The van der Waals surface area contributed by atoms with E-state index in [9.17, 15) is 4.79 Å². The Labute approximate surface area is 140 Å². The Bertz CT molecular complexity index is 787. The first kappa shape index (κ1) is 15.4. The molecule has 2 N–H and O–H groups in total. The number of aromatic nitrogens is 2. The number of aryl methyl sites for hydroxylation is 1. The number of fused-ring (bicyclic) bond motifs is 2. The van der Waals surface area contributed by atoms with Crippen LogP contribution >= 0.6 is 0 Å². The fraction of sp³-hybridized carbons (Fsp3) is 0.529. The summed E-state index contributed by atoms with van der Waals surface area (Å²) in [6.45, 7) is 2.78. The molecule has 0 bridgehead atoms. The van der Waals surface area contributed by atoms with Gasteiger partial charge in [0.05, 0.1) is 24.6 Å². The molecule has 0 unspecified atom stereocenters. The number of carbonyl (C=O) groups is 1. The van der Waals surface area contributed by atoms with Crippen LogP contribution in [0.15, 0.2) is 18.2 Å². The molecule has 2 aromatic rings. The Morgan fingerprint density at radius 3 is 3.25 bits per heavy atom. The third kappa shape index (κ3) is 2.19. The van der Waals surface area contributed by atoms with Gasteiger partial charge in [-0.2, -0.15) is 0 Å². The number of nitrogens with zero attached hydrogens (tertiary/aromatic N) is 2. The largest absolute Gasteiger partial charge is 0.494 e. The predicted octanol–water partition coefficient (Wildman–Crippen LogP) is 1.15. The molecular formula is C17H22N4O3. The van der Waals surface area contributed by atoms with E-state index in [-0.39, 0.29) is 11.8 Å². The van der Waals surface area contributed by atoms with Gasteiger partial charge in [-0.15, -0.1) is 0 Å². The highest BCUT2D eigenvalue weighted by molar-refractivity contribution is 5.97. The Kier molecular flexibility index (Phi) is 3.69. The van der Waals surface area contributed by atoms with Crippen molar-refractivity contribution in [3.05, 3.63) is 18.2 Å².